The number of benzene rings is 1. The van der Waals surface area contributed by atoms with Gasteiger partial charge in [0.05, 0.1) is 40.5 Å². The van der Waals surface area contributed by atoms with Crippen LogP contribution in [0.25, 0.3) is 21.1 Å². The van der Waals surface area contributed by atoms with E-state index in [1.54, 1.807) is 24.6 Å². The minimum Gasteiger partial charge on any atom is -0.495 e. The first-order valence-corrected chi connectivity index (χ1v) is 11.4. The molecular formula is C25H23N5OS. The number of anilines is 1. The third-order valence-corrected chi connectivity index (χ3v) is 6.70. The molecule has 32 heavy (non-hydrogen) atoms. The van der Waals surface area contributed by atoms with Crippen molar-refractivity contribution in [2.24, 2.45) is 5.10 Å². The number of hydrazone groups is 1. The Hall–Kier alpha value is -3.58. The summed E-state index contributed by atoms with van der Waals surface area (Å²) in [7, 11) is 1.66. The number of nitrogens with one attached hydrogen (secondary N) is 1. The van der Waals surface area contributed by atoms with Gasteiger partial charge in [0, 0.05) is 18.0 Å². The van der Waals surface area contributed by atoms with Crippen LogP contribution in [0, 0.1) is 6.92 Å². The van der Waals surface area contributed by atoms with Crippen molar-refractivity contribution in [3.8, 4) is 26.9 Å². The molecule has 5 rings (SSSR count). The molecule has 0 saturated carbocycles. The van der Waals surface area contributed by atoms with E-state index < -0.39 is 0 Å². The highest BCUT2D eigenvalue weighted by molar-refractivity contribution is 7.18. The Bertz CT molecular complexity index is 1280. The third kappa shape index (κ3) is 3.99. The molecule has 0 fully saturated rings. The zero-order valence-electron chi connectivity index (χ0n) is 18.0. The fraction of sp³-hybridized carbons (Fsp3) is 0.200. The van der Waals surface area contributed by atoms with Crippen LogP contribution in [0.1, 0.15) is 29.8 Å². The van der Waals surface area contributed by atoms with E-state index >= 15 is 0 Å². The number of hydrogen-bond acceptors (Lipinski definition) is 7. The maximum atomic E-state index is 5.43. The number of pyridine rings is 2. The van der Waals surface area contributed by atoms with Gasteiger partial charge in [-0.05, 0) is 62.1 Å². The lowest BCUT2D eigenvalue weighted by molar-refractivity contribution is 0.416. The zero-order chi connectivity index (χ0) is 21.9. The molecule has 1 aliphatic rings. The smallest absolute Gasteiger partial charge is 0.143 e. The molecule has 3 aromatic heterocycles. The molecule has 1 aromatic carbocycles. The highest BCUT2D eigenvalue weighted by atomic mass is 32.1. The number of rotatable bonds is 5. The second-order valence-electron chi connectivity index (χ2n) is 7.60. The fourth-order valence-electron chi connectivity index (χ4n) is 3.85. The Labute approximate surface area is 191 Å². The van der Waals surface area contributed by atoms with Gasteiger partial charge in [-0.15, -0.1) is 11.3 Å². The molecule has 0 unspecified atom stereocenters. The SMILES string of the molecule is COc1ccccc1NN=C1CCCc2ccc(-c3sc(-c4cccnc4)nc3C)nc21. The van der Waals surface area contributed by atoms with Gasteiger partial charge in [-0.25, -0.2) is 9.97 Å². The summed E-state index contributed by atoms with van der Waals surface area (Å²) >= 11 is 1.65. The van der Waals surface area contributed by atoms with Crippen LogP contribution < -0.4 is 10.2 Å². The average molecular weight is 442 g/mol. The van der Waals surface area contributed by atoms with Gasteiger partial charge < -0.3 is 4.74 Å². The van der Waals surface area contributed by atoms with Crippen LogP contribution in [-0.2, 0) is 6.42 Å². The summed E-state index contributed by atoms with van der Waals surface area (Å²) in [4.78, 5) is 15.1. The first-order chi connectivity index (χ1) is 15.7. The molecule has 1 N–H and O–H groups in total. The molecule has 1 aliphatic carbocycles. The first-order valence-electron chi connectivity index (χ1n) is 10.6. The van der Waals surface area contributed by atoms with Crippen molar-refractivity contribution >= 4 is 22.7 Å². The summed E-state index contributed by atoms with van der Waals surface area (Å²) in [6.45, 7) is 2.03. The highest BCUT2D eigenvalue weighted by Gasteiger charge is 2.20. The van der Waals surface area contributed by atoms with E-state index in [0.29, 0.717) is 0 Å². The minimum absolute atomic E-state index is 0.762. The number of thiazole rings is 1. The van der Waals surface area contributed by atoms with E-state index in [2.05, 4.69) is 22.5 Å². The van der Waals surface area contributed by atoms with Crippen LogP contribution >= 0.6 is 11.3 Å². The second-order valence-corrected chi connectivity index (χ2v) is 8.60. The van der Waals surface area contributed by atoms with E-state index in [-0.39, 0.29) is 0 Å². The summed E-state index contributed by atoms with van der Waals surface area (Å²) in [6, 6.07) is 16.0. The van der Waals surface area contributed by atoms with Gasteiger partial charge in [-0.3, -0.25) is 10.4 Å². The van der Waals surface area contributed by atoms with Crippen molar-refractivity contribution in [1.29, 1.82) is 0 Å². The maximum Gasteiger partial charge on any atom is 0.143 e. The second kappa shape index (κ2) is 8.88. The normalized spacial score (nSPS) is 14.2. The van der Waals surface area contributed by atoms with Gasteiger partial charge >= 0.3 is 0 Å². The number of aromatic nitrogens is 3. The van der Waals surface area contributed by atoms with E-state index in [9.17, 15) is 0 Å². The number of ether oxygens (including phenoxy) is 1. The topological polar surface area (TPSA) is 72.3 Å². The van der Waals surface area contributed by atoms with Gasteiger partial charge in [-0.2, -0.15) is 5.10 Å². The van der Waals surface area contributed by atoms with Crippen LogP contribution in [0.2, 0.25) is 0 Å². The van der Waals surface area contributed by atoms with Gasteiger partial charge in [0.15, 0.2) is 0 Å². The van der Waals surface area contributed by atoms with E-state index in [0.717, 1.165) is 68.9 Å². The molecule has 0 bridgehead atoms. The molecule has 6 nitrogen and oxygen atoms in total. The lowest BCUT2D eigenvalue weighted by Gasteiger charge is -2.18. The number of nitrogens with zero attached hydrogens (tertiary/aromatic N) is 4. The standard InChI is InChI=1S/C25H23N5OS/c1-16-24(32-25(27-16)18-8-6-14-26-15-18)21-13-12-17-7-5-10-20(23(17)28-21)30-29-19-9-3-4-11-22(19)31-2/h3-4,6,8-9,11-15,29H,5,7,10H2,1-2H3. The van der Waals surface area contributed by atoms with Crippen molar-refractivity contribution < 1.29 is 4.74 Å². The van der Waals surface area contributed by atoms with E-state index in [1.807, 2.05) is 49.5 Å². The van der Waals surface area contributed by atoms with Crippen molar-refractivity contribution in [2.45, 2.75) is 26.2 Å². The molecule has 4 aromatic rings. The Morgan fingerprint density at radius 2 is 1.94 bits per heavy atom. The number of methoxy groups -OCH3 is 1. The van der Waals surface area contributed by atoms with Crippen LogP contribution in [0.4, 0.5) is 5.69 Å². The molecular weight excluding hydrogens is 418 g/mol. The van der Waals surface area contributed by atoms with Crippen molar-refractivity contribution in [3.05, 3.63) is 77.9 Å². The lowest BCUT2D eigenvalue weighted by Crippen LogP contribution is -2.16. The molecule has 0 aliphatic heterocycles. The Morgan fingerprint density at radius 1 is 1.03 bits per heavy atom. The lowest BCUT2D eigenvalue weighted by atomic mass is 9.94. The van der Waals surface area contributed by atoms with Crippen molar-refractivity contribution in [1.82, 2.24) is 15.0 Å². The summed E-state index contributed by atoms with van der Waals surface area (Å²) < 4.78 is 5.43. The Balaban J connectivity index is 1.49. The molecule has 0 amide bonds. The number of aryl methyl sites for hydroxylation is 2. The highest BCUT2D eigenvalue weighted by Crippen LogP contribution is 2.35. The van der Waals surface area contributed by atoms with Crippen LogP contribution in [0.3, 0.4) is 0 Å². The van der Waals surface area contributed by atoms with Gasteiger partial charge in [-0.1, -0.05) is 18.2 Å². The summed E-state index contributed by atoms with van der Waals surface area (Å²) in [5.41, 5.74) is 10.1. The molecule has 0 saturated heterocycles. The first kappa shape index (κ1) is 20.3. The quantitative estimate of drug-likeness (QED) is 0.400. The van der Waals surface area contributed by atoms with Gasteiger partial charge in [0.1, 0.15) is 10.8 Å². The zero-order valence-corrected chi connectivity index (χ0v) is 18.8. The third-order valence-electron chi connectivity index (χ3n) is 5.47. The fourth-order valence-corrected chi connectivity index (χ4v) is 4.88. The minimum atomic E-state index is 0.762. The van der Waals surface area contributed by atoms with Gasteiger partial charge in [0.25, 0.3) is 0 Å². The van der Waals surface area contributed by atoms with Crippen LogP contribution in [-0.4, -0.2) is 27.8 Å². The molecule has 7 heteroatoms. The van der Waals surface area contributed by atoms with Crippen LogP contribution in [0.15, 0.2) is 66.0 Å². The summed E-state index contributed by atoms with van der Waals surface area (Å²) in [5, 5.41) is 5.67. The largest absolute Gasteiger partial charge is 0.495 e. The Morgan fingerprint density at radius 3 is 2.78 bits per heavy atom. The predicted molar refractivity (Wildman–Crippen MR) is 129 cm³/mol. The van der Waals surface area contributed by atoms with Crippen molar-refractivity contribution in [3.63, 3.8) is 0 Å². The summed E-state index contributed by atoms with van der Waals surface area (Å²) in [5.74, 6) is 0.762. The van der Waals surface area contributed by atoms with E-state index in [1.165, 1.54) is 5.56 Å². The van der Waals surface area contributed by atoms with Crippen molar-refractivity contribution in [2.75, 3.05) is 12.5 Å². The number of para-hydroxylation sites is 2. The average Bonchev–Trinajstić information content (AvgIpc) is 3.24. The molecule has 0 radical (unpaired) electrons. The summed E-state index contributed by atoms with van der Waals surface area (Å²) in [6.07, 6.45) is 6.57. The molecule has 160 valence electrons. The van der Waals surface area contributed by atoms with E-state index in [4.69, 9.17) is 19.8 Å². The van der Waals surface area contributed by atoms with Crippen LogP contribution in [0.5, 0.6) is 5.75 Å². The molecule has 3 heterocycles. The molecule has 0 atom stereocenters. The molecule has 0 spiro atoms. The predicted octanol–water partition coefficient (Wildman–Crippen LogP) is 5.74. The van der Waals surface area contributed by atoms with Gasteiger partial charge in [0.2, 0.25) is 0 Å². The monoisotopic (exact) mass is 441 g/mol. The number of hydrogen-bond donors (Lipinski definition) is 1. The Kier molecular flexibility index (Phi) is 5.64. The number of fused-ring (bicyclic) bond motifs is 1. The maximum absolute atomic E-state index is 5.43.